The van der Waals surface area contributed by atoms with E-state index in [0.29, 0.717) is 11.4 Å². The first kappa shape index (κ1) is 9.45. The van der Waals surface area contributed by atoms with E-state index in [0.717, 1.165) is 10.3 Å². The highest BCUT2D eigenvalue weighted by atomic mass is 16.5. The van der Waals surface area contributed by atoms with Gasteiger partial charge >= 0.3 is 0 Å². The van der Waals surface area contributed by atoms with Crippen molar-refractivity contribution in [2.45, 2.75) is 6.92 Å². The molecule has 0 unspecified atom stereocenters. The van der Waals surface area contributed by atoms with E-state index >= 15 is 0 Å². The largest absolute Gasteiger partial charge is 0.425 e. The van der Waals surface area contributed by atoms with E-state index in [1.807, 2.05) is 30.3 Å². The number of hydrogen-bond acceptors (Lipinski definition) is 3. The van der Waals surface area contributed by atoms with Gasteiger partial charge in [0, 0.05) is 11.3 Å². The van der Waals surface area contributed by atoms with Crippen LogP contribution in [0, 0.1) is 12.3 Å². The van der Waals surface area contributed by atoms with E-state index < -0.39 is 0 Å². The first-order valence-electron chi connectivity index (χ1n) is 4.58. The van der Waals surface area contributed by atoms with Crippen molar-refractivity contribution in [1.29, 1.82) is 5.41 Å². The summed E-state index contributed by atoms with van der Waals surface area (Å²) >= 11 is 0. The Kier molecular flexibility index (Phi) is 2.25. The highest BCUT2D eigenvalue weighted by molar-refractivity contribution is 5.58. The Morgan fingerprint density at radius 1 is 1.27 bits per heavy atom. The fourth-order valence-electron chi connectivity index (χ4n) is 1.43. The third kappa shape index (κ3) is 1.74. The van der Waals surface area contributed by atoms with Gasteiger partial charge in [0.2, 0.25) is 0 Å². The molecule has 4 heteroatoms. The molecule has 2 rings (SSSR count). The lowest BCUT2D eigenvalue weighted by Crippen LogP contribution is -2.23. The first-order chi connectivity index (χ1) is 7.18. The van der Waals surface area contributed by atoms with Crippen LogP contribution in [0.15, 0.2) is 36.4 Å². The molecule has 0 bridgehead atoms. The van der Waals surface area contributed by atoms with E-state index in [9.17, 15) is 5.21 Å². The monoisotopic (exact) mass is 201 g/mol. The van der Waals surface area contributed by atoms with Crippen LogP contribution in [0.2, 0.25) is 0 Å². The van der Waals surface area contributed by atoms with Gasteiger partial charge < -0.3 is 5.21 Å². The van der Waals surface area contributed by atoms with Crippen LogP contribution in [0.1, 0.15) is 5.69 Å². The Balaban J connectivity index is 2.68. The molecule has 1 aromatic heterocycles. The molecule has 0 saturated heterocycles. The zero-order valence-corrected chi connectivity index (χ0v) is 8.31. The van der Waals surface area contributed by atoms with Gasteiger partial charge in [-0.3, -0.25) is 5.41 Å². The highest BCUT2D eigenvalue weighted by Crippen LogP contribution is 2.16. The molecular weight excluding hydrogens is 190 g/mol. The summed E-state index contributed by atoms with van der Waals surface area (Å²) in [5.41, 5.74) is 1.99. The summed E-state index contributed by atoms with van der Waals surface area (Å²) in [7, 11) is 0. The van der Waals surface area contributed by atoms with Gasteiger partial charge in [-0.15, -0.1) is 4.73 Å². The topological polar surface area (TPSA) is 61.9 Å². The molecule has 2 aromatic rings. The summed E-state index contributed by atoms with van der Waals surface area (Å²) in [5, 5.41) is 17.1. The molecule has 0 aliphatic heterocycles. The van der Waals surface area contributed by atoms with Crippen molar-refractivity contribution in [1.82, 2.24) is 9.71 Å². The number of aromatic nitrogens is 2. The summed E-state index contributed by atoms with van der Waals surface area (Å²) in [6.45, 7) is 1.80. The Morgan fingerprint density at radius 2 is 1.93 bits per heavy atom. The second-order valence-corrected chi connectivity index (χ2v) is 3.28. The van der Waals surface area contributed by atoms with Crippen LogP contribution < -0.4 is 5.62 Å². The molecule has 0 aliphatic carbocycles. The number of hydrogen-bond donors (Lipinski definition) is 2. The van der Waals surface area contributed by atoms with Gasteiger partial charge in [0.1, 0.15) is 0 Å². The number of nitrogens with zero attached hydrogens (tertiary/aromatic N) is 2. The van der Waals surface area contributed by atoms with Crippen molar-refractivity contribution in [3.63, 3.8) is 0 Å². The third-order valence-electron chi connectivity index (χ3n) is 2.13. The average Bonchev–Trinajstić information content (AvgIpc) is 2.24. The molecule has 0 atom stereocenters. The Hall–Kier alpha value is -2.10. The zero-order chi connectivity index (χ0) is 10.8. The minimum Gasteiger partial charge on any atom is -0.425 e. The summed E-state index contributed by atoms with van der Waals surface area (Å²) in [5.74, 6) is 0. The van der Waals surface area contributed by atoms with E-state index in [1.54, 1.807) is 13.0 Å². The van der Waals surface area contributed by atoms with Gasteiger partial charge in [-0.05, 0) is 13.0 Å². The molecule has 0 radical (unpaired) electrons. The van der Waals surface area contributed by atoms with Crippen molar-refractivity contribution in [2.24, 2.45) is 0 Å². The predicted octanol–water partition coefficient (Wildman–Crippen LogP) is 1.58. The van der Waals surface area contributed by atoms with Crippen molar-refractivity contribution in [3.05, 3.63) is 47.7 Å². The normalized spacial score (nSPS) is 10.2. The summed E-state index contributed by atoms with van der Waals surface area (Å²) in [4.78, 5) is 3.84. The molecule has 0 fully saturated rings. The van der Waals surface area contributed by atoms with Gasteiger partial charge in [0.15, 0.2) is 0 Å². The zero-order valence-electron chi connectivity index (χ0n) is 8.31. The molecular formula is C11H11N3O. The SMILES string of the molecule is Cc1cc(-c2ccccc2)n(O)c(=N)n1. The average molecular weight is 201 g/mol. The molecule has 2 N–H and O–H groups in total. The first-order valence-corrected chi connectivity index (χ1v) is 4.58. The Morgan fingerprint density at radius 3 is 2.60 bits per heavy atom. The maximum absolute atomic E-state index is 9.64. The number of rotatable bonds is 1. The van der Waals surface area contributed by atoms with Crippen molar-refractivity contribution in [3.8, 4) is 11.3 Å². The van der Waals surface area contributed by atoms with E-state index in [1.165, 1.54) is 0 Å². The number of aryl methyl sites for hydroxylation is 1. The van der Waals surface area contributed by atoms with E-state index in [4.69, 9.17) is 5.41 Å². The van der Waals surface area contributed by atoms with Crippen LogP contribution >= 0.6 is 0 Å². The van der Waals surface area contributed by atoms with Crippen LogP contribution in [0.3, 0.4) is 0 Å². The van der Waals surface area contributed by atoms with E-state index in [2.05, 4.69) is 4.98 Å². The molecule has 1 heterocycles. The molecule has 76 valence electrons. The van der Waals surface area contributed by atoms with Crippen molar-refractivity contribution >= 4 is 0 Å². The smallest absolute Gasteiger partial charge is 0.256 e. The summed E-state index contributed by atoms with van der Waals surface area (Å²) < 4.78 is 0.780. The minimum absolute atomic E-state index is 0.158. The standard InChI is InChI=1S/C11H11N3O/c1-8-7-10(14(15)11(12)13-8)9-5-3-2-4-6-9/h2-7,12,15H,1H3. The Bertz CT molecular complexity index is 531. The number of benzene rings is 1. The van der Waals surface area contributed by atoms with Gasteiger partial charge in [-0.2, -0.15) is 0 Å². The van der Waals surface area contributed by atoms with Crippen LogP contribution in [0.5, 0.6) is 0 Å². The van der Waals surface area contributed by atoms with E-state index in [-0.39, 0.29) is 5.62 Å². The molecule has 0 saturated carbocycles. The predicted molar refractivity (Wildman–Crippen MR) is 55.4 cm³/mol. The third-order valence-corrected chi connectivity index (χ3v) is 2.13. The lowest BCUT2D eigenvalue weighted by Gasteiger charge is -2.07. The van der Waals surface area contributed by atoms with Gasteiger partial charge in [-0.25, -0.2) is 4.98 Å². The van der Waals surface area contributed by atoms with Crippen molar-refractivity contribution in [2.75, 3.05) is 0 Å². The quantitative estimate of drug-likeness (QED) is 0.688. The second-order valence-electron chi connectivity index (χ2n) is 3.28. The number of nitrogens with one attached hydrogen (secondary N) is 1. The van der Waals surface area contributed by atoms with Crippen LogP contribution in [0.4, 0.5) is 0 Å². The van der Waals surface area contributed by atoms with Gasteiger partial charge in [-0.1, -0.05) is 30.3 Å². The van der Waals surface area contributed by atoms with Crippen LogP contribution in [-0.4, -0.2) is 14.9 Å². The lowest BCUT2D eigenvalue weighted by atomic mass is 10.1. The molecule has 0 amide bonds. The highest BCUT2D eigenvalue weighted by Gasteiger charge is 2.04. The maximum atomic E-state index is 9.64. The molecule has 1 aromatic carbocycles. The molecule has 0 aliphatic rings. The molecule has 15 heavy (non-hydrogen) atoms. The maximum Gasteiger partial charge on any atom is 0.256 e. The molecule has 4 nitrogen and oxygen atoms in total. The Labute approximate surface area is 86.9 Å². The van der Waals surface area contributed by atoms with Crippen LogP contribution in [-0.2, 0) is 0 Å². The van der Waals surface area contributed by atoms with Gasteiger partial charge in [0.05, 0.1) is 5.69 Å². The van der Waals surface area contributed by atoms with Crippen LogP contribution in [0.25, 0.3) is 11.3 Å². The van der Waals surface area contributed by atoms with Crippen molar-refractivity contribution < 1.29 is 5.21 Å². The summed E-state index contributed by atoms with van der Waals surface area (Å²) in [6.07, 6.45) is 0. The minimum atomic E-state index is -0.158. The molecule has 0 spiro atoms. The fraction of sp³-hybridized carbons (Fsp3) is 0.0909. The lowest BCUT2D eigenvalue weighted by molar-refractivity contribution is 0.169. The fourth-order valence-corrected chi connectivity index (χ4v) is 1.43. The van der Waals surface area contributed by atoms with Gasteiger partial charge in [0.25, 0.3) is 5.62 Å². The second kappa shape index (κ2) is 3.57. The summed E-state index contributed by atoms with van der Waals surface area (Å²) in [6, 6.07) is 11.2.